The minimum absolute atomic E-state index is 1.18. The quantitative estimate of drug-likeness (QED) is 0.519. The van der Waals surface area contributed by atoms with Crippen molar-refractivity contribution < 1.29 is 0 Å². The van der Waals surface area contributed by atoms with E-state index >= 15 is 0 Å². The van der Waals surface area contributed by atoms with Gasteiger partial charge in [-0.3, -0.25) is 0 Å². The van der Waals surface area contributed by atoms with Gasteiger partial charge in [-0.1, -0.05) is 0 Å². The van der Waals surface area contributed by atoms with Crippen LogP contribution in [0.15, 0.2) is 12.2 Å². The Morgan fingerprint density at radius 1 is 1.09 bits per heavy atom. The van der Waals surface area contributed by atoms with Gasteiger partial charge in [-0.2, -0.15) is 0 Å². The third kappa shape index (κ3) is 5.07. The summed E-state index contributed by atoms with van der Waals surface area (Å²) in [7, 11) is 0. The van der Waals surface area contributed by atoms with Crippen molar-refractivity contribution in [2.75, 3.05) is 0 Å². The zero-order chi connectivity index (χ0) is 8.74. The number of allylic oxidation sites excluding steroid dienone is 2. The summed E-state index contributed by atoms with van der Waals surface area (Å²) < 4.78 is 0. The third-order valence-electron chi connectivity index (χ3n) is 2.15. The number of hydrogen-bond acceptors (Lipinski definition) is 0. The molecule has 66 valence electrons. The minimum atomic E-state index is -1.49. The SMILES string of the molecule is CC/C=C\[CH2][Ge]([Br])([CH2]C)[CH2]C. The van der Waals surface area contributed by atoms with E-state index in [9.17, 15) is 0 Å². The first-order valence-electron chi connectivity index (χ1n) is 4.52. The van der Waals surface area contributed by atoms with Crippen LogP contribution < -0.4 is 0 Å². The molecule has 0 aromatic heterocycles. The summed E-state index contributed by atoms with van der Waals surface area (Å²) in [5.74, 6) is 0. The van der Waals surface area contributed by atoms with Crippen LogP contribution in [0.5, 0.6) is 0 Å². The molecule has 2 heteroatoms. The van der Waals surface area contributed by atoms with E-state index in [0.29, 0.717) is 0 Å². The third-order valence-corrected chi connectivity index (χ3v) is 17.0. The van der Waals surface area contributed by atoms with E-state index in [1.165, 1.54) is 22.2 Å². The van der Waals surface area contributed by atoms with Crippen LogP contribution >= 0.6 is 14.0 Å². The van der Waals surface area contributed by atoms with Gasteiger partial charge in [0.05, 0.1) is 0 Å². The summed E-state index contributed by atoms with van der Waals surface area (Å²) in [6, 6.07) is 0. The van der Waals surface area contributed by atoms with E-state index in [2.05, 4.69) is 46.9 Å². The Labute approximate surface area is 80.4 Å². The number of hydrogen-bond donors (Lipinski definition) is 0. The van der Waals surface area contributed by atoms with E-state index in [0.717, 1.165) is 0 Å². The van der Waals surface area contributed by atoms with Gasteiger partial charge in [-0.05, 0) is 0 Å². The summed E-state index contributed by atoms with van der Waals surface area (Å²) in [5.41, 5.74) is 0. The van der Waals surface area contributed by atoms with E-state index < -0.39 is 11.4 Å². The Hall–Kier alpha value is 0.763. The fourth-order valence-electron chi connectivity index (χ4n) is 1.000. The predicted molar refractivity (Wildman–Crippen MR) is 59.9 cm³/mol. The molecule has 0 amide bonds. The van der Waals surface area contributed by atoms with E-state index in [4.69, 9.17) is 0 Å². The van der Waals surface area contributed by atoms with E-state index in [-0.39, 0.29) is 0 Å². The predicted octanol–water partition coefficient (Wildman–Crippen LogP) is 4.33. The van der Waals surface area contributed by atoms with Crippen molar-refractivity contribution in [1.82, 2.24) is 0 Å². The molecule has 0 aliphatic rings. The van der Waals surface area contributed by atoms with Crippen LogP contribution in [0.1, 0.15) is 27.2 Å². The molecule has 0 fully saturated rings. The van der Waals surface area contributed by atoms with Crippen molar-refractivity contribution in [3.05, 3.63) is 12.2 Å². The molecule has 0 saturated carbocycles. The second-order valence-electron chi connectivity index (χ2n) is 2.94. The molecule has 0 N–H and O–H groups in total. The number of halogens is 1. The van der Waals surface area contributed by atoms with Crippen LogP contribution in [-0.2, 0) is 0 Å². The number of rotatable bonds is 5. The summed E-state index contributed by atoms with van der Waals surface area (Å²) in [4.78, 5) is 0. The second-order valence-corrected chi connectivity index (χ2v) is 20.3. The maximum atomic E-state index is 3.95. The average molecular weight is 280 g/mol. The van der Waals surface area contributed by atoms with Crippen molar-refractivity contribution in [2.24, 2.45) is 0 Å². The Morgan fingerprint density at radius 2 is 1.64 bits per heavy atom. The van der Waals surface area contributed by atoms with Crippen molar-refractivity contribution in [3.63, 3.8) is 0 Å². The van der Waals surface area contributed by atoms with Crippen molar-refractivity contribution >= 4 is 25.4 Å². The molecular weight excluding hydrogens is 261 g/mol. The van der Waals surface area contributed by atoms with Crippen molar-refractivity contribution in [1.29, 1.82) is 0 Å². The van der Waals surface area contributed by atoms with Crippen LogP contribution in [0, 0.1) is 0 Å². The fourth-order valence-corrected chi connectivity index (χ4v) is 5.47. The molecule has 11 heavy (non-hydrogen) atoms. The zero-order valence-corrected chi connectivity index (χ0v) is 11.5. The standard InChI is InChI=1S/C9H19BrGe/c1-4-7-8-9-11(10,5-2)6-3/h7-8H,4-6,9H2,1-3H3/b8-7-. The fraction of sp³-hybridized carbons (Fsp3) is 0.778. The molecule has 0 rings (SSSR count). The molecule has 0 bridgehead atoms. The molecule has 0 aromatic carbocycles. The summed E-state index contributed by atoms with van der Waals surface area (Å²) >= 11 is 2.46. The Kier molecular flexibility index (Phi) is 6.73. The van der Waals surface area contributed by atoms with Gasteiger partial charge in [-0.15, -0.1) is 0 Å². The first-order chi connectivity index (χ1) is 5.18. The molecule has 0 saturated heterocycles. The van der Waals surface area contributed by atoms with Gasteiger partial charge in [0.15, 0.2) is 0 Å². The van der Waals surface area contributed by atoms with Gasteiger partial charge in [0.25, 0.3) is 0 Å². The van der Waals surface area contributed by atoms with Gasteiger partial charge in [0.2, 0.25) is 0 Å². The first-order valence-corrected chi connectivity index (χ1v) is 13.9. The zero-order valence-electron chi connectivity index (χ0n) is 7.86. The van der Waals surface area contributed by atoms with Crippen molar-refractivity contribution in [2.45, 2.75) is 43.0 Å². The van der Waals surface area contributed by atoms with Gasteiger partial charge >= 0.3 is 80.5 Å². The molecule has 0 nitrogen and oxygen atoms in total. The summed E-state index contributed by atoms with van der Waals surface area (Å²) in [6.45, 7) is 6.83. The van der Waals surface area contributed by atoms with Crippen LogP contribution in [0.25, 0.3) is 0 Å². The molecule has 0 radical (unpaired) electrons. The van der Waals surface area contributed by atoms with Gasteiger partial charge in [0.1, 0.15) is 0 Å². The monoisotopic (exact) mass is 280 g/mol. The molecule has 0 unspecified atom stereocenters. The molecule has 0 atom stereocenters. The molecular formula is C9H19BrGe. The van der Waals surface area contributed by atoms with Crippen LogP contribution in [-0.4, -0.2) is 11.4 Å². The Balaban J connectivity index is 3.77. The van der Waals surface area contributed by atoms with Crippen LogP contribution in [0.2, 0.25) is 15.8 Å². The van der Waals surface area contributed by atoms with Crippen molar-refractivity contribution in [3.8, 4) is 0 Å². The Bertz CT molecular complexity index is 117. The molecule has 0 aliphatic heterocycles. The maximum absolute atomic E-state index is 3.95. The summed E-state index contributed by atoms with van der Waals surface area (Å²) in [5, 5.41) is 4.13. The molecule has 0 aliphatic carbocycles. The molecule has 0 spiro atoms. The summed E-state index contributed by atoms with van der Waals surface area (Å²) in [6.07, 6.45) is 5.83. The molecule has 0 aromatic rings. The first kappa shape index (κ1) is 11.8. The normalized spacial score (nSPS) is 12.7. The second kappa shape index (κ2) is 6.30. The topological polar surface area (TPSA) is 0 Å². The van der Waals surface area contributed by atoms with Crippen LogP contribution in [0.4, 0.5) is 0 Å². The average Bonchev–Trinajstić information content (AvgIpc) is 2.05. The van der Waals surface area contributed by atoms with E-state index in [1.54, 1.807) is 0 Å². The van der Waals surface area contributed by atoms with Gasteiger partial charge in [-0.25, -0.2) is 0 Å². The van der Waals surface area contributed by atoms with Crippen LogP contribution in [0.3, 0.4) is 0 Å². The van der Waals surface area contributed by atoms with E-state index in [1.807, 2.05) is 0 Å². The van der Waals surface area contributed by atoms with Gasteiger partial charge in [0, 0.05) is 0 Å². The molecule has 0 heterocycles. The van der Waals surface area contributed by atoms with Gasteiger partial charge < -0.3 is 0 Å². The Morgan fingerprint density at radius 3 is 2.00 bits per heavy atom.